The van der Waals surface area contributed by atoms with Gasteiger partial charge in [-0.05, 0) is 56.2 Å². The highest BCUT2D eigenvalue weighted by molar-refractivity contribution is 6.06. The van der Waals surface area contributed by atoms with Crippen molar-refractivity contribution in [3.05, 3.63) is 42.0 Å². The average molecular weight is 351 g/mol. The van der Waals surface area contributed by atoms with E-state index in [-0.39, 0.29) is 35.5 Å². The van der Waals surface area contributed by atoms with Gasteiger partial charge in [0.05, 0.1) is 18.1 Å². The first kappa shape index (κ1) is 17.0. The minimum Gasteiger partial charge on any atom is -0.372 e. The molecule has 0 spiro atoms. The molecule has 5 heteroatoms. The zero-order chi connectivity index (χ0) is 18.3. The normalized spacial score (nSPS) is 29.7. The van der Waals surface area contributed by atoms with E-state index in [1.165, 1.54) is 0 Å². The highest BCUT2D eigenvalue weighted by atomic mass is 16.2. The van der Waals surface area contributed by atoms with Crippen molar-refractivity contribution in [2.75, 3.05) is 18.0 Å². The van der Waals surface area contributed by atoms with Crippen LogP contribution in [-0.2, 0) is 9.59 Å². The van der Waals surface area contributed by atoms with E-state index in [0.29, 0.717) is 0 Å². The minimum atomic E-state index is -0.201. The van der Waals surface area contributed by atoms with Gasteiger partial charge in [0.1, 0.15) is 0 Å². The van der Waals surface area contributed by atoms with Gasteiger partial charge >= 0.3 is 0 Å². The van der Waals surface area contributed by atoms with Crippen LogP contribution in [0.2, 0.25) is 0 Å². The van der Waals surface area contributed by atoms with E-state index in [1.807, 2.05) is 24.3 Å². The lowest BCUT2D eigenvalue weighted by Gasteiger charge is -2.37. The van der Waals surface area contributed by atoms with Gasteiger partial charge in [-0.1, -0.05) is 24.3 Å². The standard InChI is InChI=1S/C21H25N3O2/c1-3-23(4-2)17-11-5-14(6-12-17)13-22-24-20(25)18-15-7-8-16(10-9-15)19(18)21(24)26/h5-8,11-13,15-16,18-19H,3-4,9-10H2,1-2H3/b22-13-/t15-,16+,18-,19+. The molecule has 1 aliphatic heterocycles. The lowest BCUT2D eigenvalue weighted by molar-refractivity contribution is -0.140. The molecule has 136 valence electrons. The summed E-state index contributed by atoms with van der Waals surface area (Å²) in [5, 5.41) is 5.38. The van der Waals surface area contributed by atoms with Crippen LogP contribution in [0.1, 0.15) is 32.3 Å². The van der Waals surface area contributed by atoms with Crippen molar-refractivity contribution < 1.29 is 9.59 Å². The minimum absolute atomic E-state index is 0.130. The van der Waals surface area contributed by atoms with Crippen LogP contribution in [0.5, 0.6) is 0 Å². The van der Waals surface area contributed by atoms with Crippen molar-refractivity contribution in [1.82, 2.24) is 5.01 Å². The van der Waals surface area contributed by atoms with Crippen molar-refractivity contribution in [1.29, 1.82) is 0 Å². The molecule has 3 aliphatic carbocycles. The summed E-state index contributed by atoms with van der Waals surface area (Å²) in [4.78, 5) is 27.7. The third-order valence-electron chi connectivity index (χ3n) is 6.08. The number of fused-ring (bicyclic) bond motifs is 1. The largest absolute Gasteiger partial charge is 0.372 e. The van der Waals surface area contributed by atoms with Gasteiger partial charge in [-0.3, -0.25) is 9.59 Å². The fourth-order valence-electron chi connectivity index (χ4n) is 4.66. The van der Waals surface area contributed by atoms with Crippen LogP contribution in [0.25, 0.3) is 0 Å². The number of carbonyl (C=O) groups excluding carboxylic acids is 2. The van der Waals surface area contributed by atoms with Gasteiger partial charge < -0.3 is 4.90 Å². The smallest absolute Gasteiger partial charge is 0.254 e. The molecule has 0 unspecified atom stereocenters. The van der Waals surface area contributed by atoms with Crippen LogP contribution < -0.4 is 4.90 Å². The van der Waals surface area contributed by atoms with Crippen LogP contribution in [0.3, 0.4) is 0 Å². The molecular formula is C21H25N3O2. The fourth-order valence-corrected chi connectivity index (χ4v) is 4.66. The number of carbonyl (C=O) groups is 2. The van der Waals surface area contributed by atoms with Crippen molar-refractivity contribution >= 4 is 23.7 Å². The number of hydrogen-bond donors (Lipinski definition) is 0. The van der Waals surface area contributed by atoms with E-state index >= 15 is 0 Å². The second-order valence-corrected chi connectivity index (χ2v) is 7.34. The van der Waals surface area contributed by atoms with Gasteiger partial charge in [0.15, 0.2) is 0 Å². The third kappa shape index (κ3) is 2.66. The number of amides is 2. The second-order valence-electron chi connectivity index (χ2n) is 7.34. The Balaban J connectivity index is 1.51. The van der Waals surface area contributed by atoms with Crippen molar-refractivity contribution in [3.8, 4) is 0 Å². The molecule has 4 atom stereocenters. The van der Waals surface area contributed by atoms with Crippen molar-refractivity contribution in [2.24, 2.45) is 28.8 Å². The topological polar surface area (TPSA) is 53.0 Å². The van der Waals surface area contributed by atoms with E-state index in [2.05, 4.69) is 36.0 Å². The van der Waals surface area contributed by atoms with E-state index < -0.39 is 0 Å². The number of allylic oxidation sites excluding steroid dienone is 2. The lowest BCUT2D eigenvalue weighted by Crippen LogP contribution is -2.38. The molecular weight excluding hydrogens is 326 g/mol. The third-order valence-corrected chi connectivity index (χ3v) is 6.08. The molecule has 5 rings (SSSR count). The second kappa shape index (κ2) is 6.71. The number of nitrogens with zero attached hydrogens (tertiary/aromatic N) is 3. The molecule has 0 aromatic heterocycles. The molecule has 2 fully saturated rings. The molecule has 1 saturated carbocycles. The average Bonchev–Trinajstić information content (AvgIpc) is 2.96. The molecule has 5 nitrogen and oxygen atoms in total. The van der Waals surface area contributed by atoms with Gasteiger partial charge in [-0.25, -0.2) is 0 Å². The van der Waals surface area contributed by atoms with E-state index in [1.54, 1.807) is 6.21 Å². The Morgan fingerprint density at radius 2 is 1.54 bits per heavy atom. The summed E-state index contributed by atoms with van der Waals surface area (Å²) in [6.07, 6.45) is 7.88. The number of imide groups is 1. The Bertz CT molecular complexity index is 732. The summed E-state index contributed by atoms with van der Waals surface area (Å²) >= 11 is 0. The maximum Gasteiger partial charge on any atom is 0.254 e. The van der Waals surface area contributed by atoms with E-state index in [9.17, 15) is 9.59 Å². The fraction of sp³-hybridized carbons (Fsp3) is 0.476. The summed E-state index contributed by atoms with van der Waals surface area (Å²) in [5.74, 6) is -0.253. The van der Waals surface area contributed by atoms with E-state index in [0.717, 1.165) is 42.2 Å². The predicted octanol–water partition coefficient (Wildman–Crippen LogP) is 3.06. The van der Waals surface area contributed by atoms with Gasteiger partial charge in [-0.2, -0.15) is 10.1 Å². The summed E-state index contributed by atoms with van der Waals surface area (Å²) in [6.45, 7) is 6.18. The Hall–Kier alpha value is -2.43. The molecule has 0 radical (unpaired) electrons. The highest BCUT2D eigenvalue weighted by Gasteiger charge is 2.56. The molecule has 1 aromatic rings. The monoisotopic (exact) mass is 351 g/mol. The van der Waals surface area contributed by atoms with E-state index in [4.69, 9.17) is 0 Å². The SMILES string of the molecule is CCN(CC)c1ccc(/C=N\N2C(=O)[C@@H]3[C@H](C2=O)[C@@H]2C=C[C@H]3CC2)cc1. The summed E-state index contributed by atoms with van der Waals surface area (Å²) in [5.41, 5.74) is 2.05. The first-order valence-corrected chi connectivity index (χ1v) is 9.59. The van der Waals surface area contributed by atoms with Crippen LogP contribution in [0.15, 0.2) is 41.5 Å². The number of hydrazone groups is 1. The van der Waals surface area contributed by atoms with Crippen molar-refractivity contribution in [3.63, 3.8) is 0 Å². The molecule has 1 saturated heterocycles. The Kier molecular flexibility index (Phi) is 4.39. The zero-order valence-electron chi connectivity index (χ0n) is 15.3. The highest BCUT2D eigenvalue weighted by Crippen LogP contribution is 2.49. The maximum atomic E-state index is 12.7. The molecule has 1 heterocycles. The van der Waals surface area contributed by atoms with Crippen molar-refractivity contribution in [2.45, 2.75) is 26.7 Å². The zero-order valence-corrected chi connectivity index (χ0v) is 15.3. The first-order chi connectivity index (χ1) is 12.6. The van der Waals surface area contributed by atoms with Crippen LogP contribution in [0.4, 0.5) is 5.69 Å². The predicted molar refractivity (Wildman–Crippen MR) is 102 cm³/mol. The van der Waals surface area contributed by atoms with Gasteiger partial charge in [0, 0.05) is 18.8 Å². The maximum absolute atomic E-state index is 12.7. The number of hydrogen-bond acceptors (Lipinski definition) is 4. The lowest BCUT2D eigenvalue weighted by atomic mass is 9.63. The first-order valence-electron chi connectivity index (χ1n) is 9.59. The molecule has 2 amide bonds. The number of rotatable bonds is 5. The van der Waals surface area contributed by atoms with Gasteiger partial charge in [0.2, 0.25) is 0 Å². The summed E-state index contributed by atoms with van der Waals surface area (Å²) in [6, 6.07) is 8.04. The molecule has 4 aliphatic rings. The molecule has 1 aromatic carbocycles. The number of anilines is 1. The van der Waals surface area contributed by atoms with Crippen LogP contribution in [0, 0.1) is 23.7 Å². The molecule has 0 N–H and O–H groups in total. The summed E-state index contributed by atoms with van der Waals surface area (Å²) in [7, 11) is 0. The van der Waals surface area contributed by atoms with Gasteiger partial charge in [0.25, 0.3) is 11.8 Å². The quantitative estimate of drug-likeness (QED) is 0.465. The Morgan fingerprint density at radius 1 is 1.00 bits per heavy atom. The Morgan fingerprint density at radius 3 is 2.00 bits per heavy atom. The Labute approximate surface area is 154 Å². The summed E-state index contributed by atoms with van der Waals surface area (Å²) < 4.78 is 0. The van der Waals surface area contributed by atoms with Crippen LogP contribution in [-0.4, -0.2) is 36.1 Å². The molecule has 26 heavy (non-hydrogen) atoms. The van der Waals surface area contributed by atoms with Gasteiger partial charge in [-0.15, -0.1) is 0 Å². The molecule has 2 bridgehead atoms. The van der Waals surface area contributed by atoms with Crippen LogP contribution >= 0.6 is 0 Å². The number of benzene rings is 1.